The average molecular weight is 278 g/mol. The van der Waals surface area contributed by atoms with Crippen molar-refractivity contribution in [2.24, 2.45) is 0 Å². The molecule has 0 fully saturated rings. The van der Waals surface area contributed by atoms with E-state index in [1.165, 1.54) is 0 Å². The van der Waals surface area contributed by atoms with E-state index in [-0.39, 0.29) is 0 Å². The number of aromatic nitrogens is 2. The maximum Gasteiger partial charge on any atom is 0.104 e. The molecule has 3 N–H and O–H groups in total. The predicted octanol–water partition coefficient (Wildman–Crippen LogP) is 4.12. The Labute approximate surface area is 114 Å². The highest BCUT2D eigenvalue weighted by molar-refractivity contribution is 6.43. The van der Waals surface area contributed by atoms with Gasteiger partial charge in [0.1, 0.15) is 5.69 Å². The van der Waals surface area contributed by atoms with E-state index in [4.69, 9.17) is 28.9 Å². The molecule has 2 aromatic carbocycles. The summed E-state index contributed by atoms with van der Waals surface area (Å²) in [7, 11) is 0. The van der Waals surface area contributed by atoms with Gasteiger partial charge in [0.2, 0.25) is 0 Å². The Morgan fingerprint density at radius 3 is 2.67 bits per heavy atom. The second kappa shape index (κ2) is 4.19. The number of hydrogen-bond donors (Lipinski definition) is 2. The molecule has 1 heterocycles. The van der Waals surface area contributed by atoms with E-state index in [0.717, 1.165) is 22.2 Å². The van der Waals surface area contributed by atoms with E-state index in [2.05, 4.69) is 10.2 Å². The molecule has 0 saturated carbocycles. The Balaban J connectivity index is 2.36. The van der Waals surface area contributed by atoms with Gasteiger partial charge in [0, 0.05) is 11.3 Å². The van der Waals surface area contributed by atoms with Crippen LogP contribution in [-0.2, 0) is 0 Å². The van der Waals surface area contributed by atoms with Gasteiger partial charge in [0.25, 0.3) is 0 Å². The van der Waals surface area contributed by atoms with Crippen molar-refractivity contribution in [3.05, 3.63) is 46.4 Å². The van der Waals surface area contributed by atoms with E-state index in [9.17, 15) is 0 Å². The van der Waals surface area contributed by atoms with Crippen LogP contribution in [0, 0.1) is 0 Å². The van der Waals surface area contributed by atoms with Gasteiger partial charge in [-0.25, -0.2) is 0 Å². The smallest absolute Gasteiger partial charge is 0.104 e. The maximum atomic E-state index is 6.21. The second-order valence-electron chi connectivity index (χ2n) is 3.94. The quantitative estimate of drug-likeness (QED) is 0.658. The summed E-state index contributed by atoms with van der Waals surface area (Å²) in [5, 5.41) is 9.07. The van der Waals surface area contributed by atoms with Crippen molar-refractivity contribution in [3.8, 4) is 11.3 Å². The minimum Gasteiger partial charge on any atom is -0.398 e. The van der Waals surface area contributed by atoms with E-state index in [1.54, 1.807) is 6.07 Å². The third-order valence-corrected chi connectivity index (χ3v) is 3.65. The predicted molar refractivity (Wildman–Crippen MR) is 76.0 cm³/mol. The lowest BCUT2D eigenvalue weighted by atomic mass is 10.1. The molecule has 5 heteroatoms. The normalized spacial score (nSPS) is 11.0. The van der Waals surface area contributed by atoms with Crippen molar-refractivity contribution in [3.63, 3.8) is 0 Å². The fraction of sp³-hybridized carbons (Fsp3) is 0. The second-order valence-corrected chi connectivity index (χ2v) is 4.73. The number of fused-ring (bicyclic) bond motifs is 1. The molecule has 0 bridgehead atoms. The summed E-state index contributed by atoms with van der Waals surface area (Å²) in [5.41, 5.74) is 9.02. The third-order valence-electron chi connectivity index (χ3n) is 2.83. The van der Waals surface area contributed by atoms with E-state index in [1.807, 2.05) is 30.3 Å². The first-order valence-corrected chi connectivity index (χ1v) is 6.11. The lowest BCUT2D eigenvalue weighted by Gasteiger charge is -2.04. The Hall–Kier alpha value is -1.71. The Bertz CT molecular complexity index is 734. The molecule has 0 saturated heterocycles. The van der Waals surface area contributed by atoms with Crippen molar-refractivity contribution in [2.45, 2.75) is 0 Å². The van der Waals surface area contributed by atoms with E-state index in [0.29, 0.717) is 15.7 Å². The summed E-state index contributed by atoms with van der Waals surface area (Å²) in [6.45, 7) is 0. The van der Waals surface area contributed by atoms with Gasteiger partial charge >= 0.3 is 0 Å². The van der Waals surface area contributed by atoms with Crippen molar-refractivity contribution < 1.29 is 0 Å². The van der Waals surface area contributed by atoms with Gasteiger partial charge < -0.3 is 5.73 Å². The summed E-state index contributed by atoms with van der Waals surface area (Å²) < 4.78 is 0. The first kappa shape index (κ1) is 11.4. The number of nitrogens with zero attached hydrogens (tertiary/aromatic N) is 1. The Morgan fingerprint density at radius 1 is 1.06 bits per heavy atom. The van der Waals surface area contributed by atoms with Crippen LogP contribution in [0.3, 0.4) is 0 Å². The van der Waals surface area contributed by atoms with Gasteiger partial charge in [-0.3, -0.25) is 5.10 Å². The molecule has 0 aliphatic rings. The standard InChI is InChI=1S/C13H9Cl2N3/c14-8-4-1-3-7(12(8)15)13-11-9(16)5-2-6-10(11)17-18-13/h1-6H,16H2,(H,17,18). The molecule has 3 aromatic rings. The van der Waals surface area contributed by atoms with Gasteiger partial charge in [-0.2, -0.15) is 5.10 Å². The summed E-state index contributed by atoms with van der Waals surface area (Å²) in [6, 6.07) is 11.1. The summed E-state index contributed by atoms with van der Waals surface area (Å²) in [6.07, 6.45) is 0. The number of anilines is 1. The molecule has 0 spiro atoms. The first-order chi connectivity index (χ1) is 8.68. The zero-order valence-electron chi connectivity index (χ0n) is 9.24. The van der Waals surface area contributed by atoms with Crippen LogP contribution in [0.1, 0.15) is 0 Å². The molecule has 3 rings (SSSR count). The zero-order chi connectivity index (χ0) is 12.7. The fourth-order valence-electron chi connectivity index (χ4n) is 1.98. The third kappa shape index (κ3) is 1.64. The summed E-state index contributed by atoms with van der Waals surface area (Å²) in [4.78, 5) is 0. The molecule has 0 amide bonds. The number of rotatable bonds is 1. The largest absolute Gasteiger partial charge is 0.398 e. The number of aromatic amines is 1. The monoisotopic (exact) mass is 277 g/mol. The van der Waals surface area contributed by atoms with Crippen LogP contribution >= 0.6 is 23.2 Å². The zero-order valence-corrected chi connectivity index (χ0v) is 10.8. The Morgan fingerprint density at radius 2 is 1.83 bits per heavy atom. The SMILES string of the molecule is Nc1cccc2[nH]nc(-c3cccc(Cl)c3Cl)c12. The molecule has 0 aliphatic carbocycles. The average Bonchev–Trinajstić information content (AvgIpc) is 2.78. The van der Waals surface area contributed by atoms with Crippen LogP contribution < -0.4 is 5.73 Å². The molecule has 1 aromatic heterocycles. The van der Waals surface area contributed by atoms with E-state index < -0.39 is 0 Å². The van der Waals surface area contributed by atoms with Crippen LogP contribution in [0.5, 0.6) is 0 Å². The van der Waals surface area contributed by atoms with E-state index >= 15 is 0 Å². The van der Waals surface area contributed by atoms with Crippen LogP contribution in [0.15, 0.2) is 36.4 Å². The number of hydrogen-bond acceptors (Lipinski definition) is 2. The van der Waals surface area contributed by atoms with Crippen molar-refractivity contribution in [2.75, 3.05) is 5.73 Å². The molecule has 90 valence electrons. The number of nitrogen functional groups attached to an aromatic ring is 1. The van der Waals surface area contributed by atoms with Crippen molar-refractivity contribution in [1.82, 2.24) is 10.2 Å². The van der Waals surface area contributed by atoms with Crippen molar-refractivity contribution >= 4 is 39.8 Å². The highest BCUT2D eigenvalue weighted by Gasteiger charge is 2.14. The number of benzene rings is 2. The topological polar surface area (TPSA) is 54.7 Å². The van der Waals surface area contributed by atoms with Gasteiger partial charge in [-0.05, 0) is 18.2 Å². The van der Waals surface area contributed by atoms with Gasteiger partial charge in [0.05, 0.1) is 20.9 Å². The van der Waals surface area contributed by atoms with Crippen LogP contribution in [-0.4, -0.2) is 10.2 Å². The van der Waals surface area contributed by atoms with Crippen LogP contribution in [0.4, 0.5) is 5.69 Å². The number of nitrogens with two attached hydrogens (primary N) is 1. The number of nitrogens with one attached hydrogen (secondary N) is 1. The van der Waals surface area contributed by atoms with Gasteiger partial charge in [-0.15, -0.1) is 0 Å². The van der Waals surface area contributed by atoms with Crippen molar-refractivity contribution in [1.29, 1.82) is 0 Å². The molecule has 0 unspecified atom stereocenters. The molecule has 0 atom stereocenters. The molecule has 0 radical (unpaired) electrons. The first-order valence-electron chi connectivity index (χ1n) is 5.35. The van der Waals surface area contributed by atoms with Crippen LogP contribution in [0.25, 0.3) is 22.2 Å². The summed E-state index contributed by atoms with van der Waals surface area (Å²) >= 11 is 12.2. The lowest BCUT2D eigenvalue weighted by Crippen LogP contribution is -1.87. The lowest BCUT2D eigenvalue weighted by molar-refractivity contribution is 1.12. The van der Waals surface area contributed by atoms with Crippen LogP contribution in [0.2, 0.25) is 10.0 Å². The molecule has 0 aliphatic heterocycles. The molecule has 3 nitrogen and oxygen atoms in total. The highest BCUT2D eigenvalue weighted by Crippen LogP contribution is 2.37. The Kier molecular flexibility index (Phi) is 2.65. The highest BCUT2D eigenvalue weighted by atomic mass is 35.5. The minimum atomic E-state index is 0.482. The molecular weight excluding hydrogens is 269 g/mol. The van der Waals surface area contributed by atoms with Gasteiger partial charge in [0.15, 0.2) is 0 Å². The molecule has 18 heavy (non-hydrogen) atoms. The molecular formula is C13H9Cl2N3. The maximum absolute atomic E-state index is 6.21. The minimum absolute atomic E-state index is 0.482. The fourth-order valence-corrected chi connectivity index (χ4v) is 2.37. The number of halogens is 2. The number of H-pyrrole nitrogens is 1. The summed E-state index contributed by atoms with van der Waals surface area (Å²) in [5.74, 6) is 0. The van der Waals surface area contributed by atoms with Gasteiger partial charge in [-0.1, -0.05) is 41.4 Å².